The van der Waals surface area contributed by atoms with E-state index in [4.69, 9.17) is 16.3 Å². The van der Waals surface area contributed by atoms with Crippen molar-refractivity contribution in [3.05, 3.63) is 70.7 Å². The summed E-state index contributed by atoms with van der Waals surface area (Å²) in [6.45, 7) is 7.79. The summed E-state index contributed by atoms with van der Waals surface area (Å²) in [6, 6.07) is 18.1. The van der Waals surface area contributed by atoms with Gasteiger partial charge in [0.15, 0.2) is 0 Å². The molecule has 0 radical (unpaired) electrons. The zero-order valence-corrected chi connectivity index (χ0v) is 18.1. The van der Waals surface area contributed by atoms with E-state index in [2.05, 4.69) is 42.3 Å². The number of carbonyl (C=O) groups excluding carboxylic acids is 1. The van der Waals surface area contributed by atoms with Crippen LogP contribution in [0.5, 0.6) is 0 Å². The van der Waals surface area contributed by atoms with Crippen molar-refractivity contribution in [3.63, 3.8) is 0 Å². The van der Waals surface area contributed by atoms with E-state index in [1.54, 1.807) is 0 Å². The first-order valence-corrected chi connectivity index (χ1v) is 10.9. The Kier molecular flexibility index (Phi) is 7.70. The molecule has 1 atom stereocenters. The van der Waals surface area contributed by atoms with Crippen LogP contribution in [0.25, 0.3) is 0 Å². The summed E-state index contributed by atoms with van der Waals surface area (Å²) in [5.74, 6) is 0.0798. The normalized spacial score (nSPS) is 17.1. The molecule has 3 rings (SSSR count). The van der Waals surface area contributed by atoms with Gasteiger partial charge in [0.2, 0.25) is 5.91 Å². The number of nitrogens with zero attached hydrogens (tertiary/aromatic N) is 1. The Morgan fingerprint density at radius 3 is 2.31 bits per heavy atom. The molecule has 1 fully saturated rings. The Labute approximate surface area is 179 Å². The molecule has 0 aromatic heterocycles. The zero-order chi connectivity index (χ0) is 20.7. The Bertz CT molecular complexity index is 786. The van der Waals surface area contributed by atoms with Crippen molar-refractivity contribution in [1.29, 1.82) is 0 Å². The molecule has 4 nitrogen and oxygen atoms in total. The third-order valence-electron chi connectivity index (χ3n) is 6.08. The standard InChI is InChI=1S/C24H31ClN2O2/c1-3-27(4-2)22(20-12-8-9-13-21(20)25)18-26-23(28)24(14-16-29-17-15-24)19-10-6-5-7-11-19/h5-13,22H,3-4,14-18H2,1-2H3,(H,26,28). The fourth-order valence-corrected chi connectivity index (χ4v) is 4.59. The van der Waals surface area contributed by atoms with Gasteiger partial charge in [0.25, 0.3) is 0 Å². The summed E-state index contributed by atoms with van der Waals surface area (Å²) < 4.78 is 5.57. The molecule has 2 aromatic rings. The third-order valence-corrected chi connectivity index (χ3v) is 6.42. The van der Waals surface area contributed by atoms with E-state index in [-0.39, 0.29) is 11.9 Å². The number of halogens is 1. The number of ether oxygens (including phenoxy) is 1. The molecule has 1 aliphatic rings. The van der Waals surface area contributed by atoms with Crippen LogP contribution in [0.4, 0.5) is 0 Å². The lowest BCUT2D eigenvalue weighted by atomic mass is 9.73. The number of nitrogens with one attached hydrogen (secondary N) is 1. The molecule has 1 amide bonds. The quantitative estimate of drug-likeness (QED) is 0.687. The van der Waals surface area contributed by atoms with Crippen LogP contribution in [-0.4, -0.2) is 43.7 Å². The molecule has 1 N–H and O–H groups in total. The number of carbonyl (C=O) groups is 1. The number of hydrogen-bond acceptors (Lipinski definition) is 3. The fourth-order valence-electron chi connectivity index (χ4n) is 4.33. The minimum atomic E-state index is -0.534. The van der Waals surface area contributed by atoms with Crippen LogP contribution in [-0.2, 0) is 14.9 Å². The minimum absolute atomic E-state index is 0.0373. The summed E-state index contributed by atoms with van der Waals surface area (Å²) in [5, 5.41) is 4.01. The predicted molar refractivity (Wildman–Crippen MR) is 118 cm³/mol. The first-order valence-electron chi connectivity index (χ1n) is 10.5. The van der Waals surface area contributed by atoms with E-state index >= 15 is 0 Å². The van der Waals surface area contributed by atoms with Crippen molar-refractivity contribution in [2.24, 2.45) is 0 Å². The average Bonchev–Trinajstić information content (AvgIpc) is 2.78. The van der Waals surface area contributed by atoms with Crippen LogP contribution in [0, 0.1) is 0 Å². The molecular formula is C24H31ClN2O2. The van der Waals surface area contributed by atoms with Gasteiger partial charge in [-0.25, -0.2) is 0 Å². The van der Waals surface area contributed by atoms with Crippen LogP contribution in [0.3, 0.4) is 0 Å². The maximum Gasteiger partial charge on any atom is 0.230 e. The van der Waals surface area contributed by atoms with Crippen molar-refractivity contribution in [2.75, 3.05) is 32.8 Å². The van der Waals surface area contributed by atoms with Crippen LogP contribution in [0.2, 0.25) is 5.02 Å². The van der Waals surface area contributed by atoms with Crippen LogP contribution < -0.4 is 5.32 Å². The summed E-state index contributed by atoms with van der Waals surface area (Å²) in [4.78, 5) is 15.9. The minimum Gasteiger partial charge on any atom is -0.381 e. The first kappa shape index (κ1) is 21.8. The highest BCUT2D eigenvalue weighted by atomic mass is 35.5. The van der Waals surface area contributed by atoms with Gasteiger partial charge in [-0.05, 0) is 43.1 Å². The van der Waals surface area contributed by atoms with Crippen molar-refractivity contribution in [1.82, 2.24) is 10.2 Å². The second kappa shape index (κ2) is 10.2. The highest BCUT2D eigenvalue weighted by Gasteiger charge is 2.41. The number of amides is 1. The highest BCUT2D eigenvalue weighted by Crippen LogP contribution is 2.35. The fraction of sp³-hybridized carbons (Fsp3) is 0.458. The molecule has 0 aliphatic carbocycles. The molecule has 1 saturated heterocycles. The van der Waals surface area contributed by atoms with Crippen LogP contribution in [0.15, 0.2) is 54.6 Å². The van der Waals surface area contributed by atoms with Crippen molar-refractivity contribution < 1.29 is 9.53 Å². The van der Waals surface area contributed by atoms with Gasteiger partial charge >= 0.3 is 0 Å². The molecular weight excluding hydrogens is 384 g/mol. The van der Waals surface area contributed by atoms with Gasteiger partial charge in [0.1, 0.15) is 0 Å². The Hall–Kier alpha value is -1.88. The Balaban J connectivity index is 1.84. The van der Waals surface area contributed by atoms with Crippen molar-refractivity contribution >= 4 is 17.5 Å². The van der Waals surface area contributed by atoms with E-state index in [9.17, 15) is 4.79 Å². The van der Waals surface area contributed by atoms with Crippen molar-refractivity contribution in [3.8, 4) is 0 Å². The molecule has 1 heterocycles. The topological polar surface area (TPSA) is 41.6 Å². The summed E-state index contributed by atoms with van der Waals surface area (Å²) in [6.07, 6.45) is 1.40. The van der Waals surface area contributed by atoms with Crippen molar-refractivity contribution in [2.45, 2.75) is 38.1 Å². The summed E-state index contributed by atoms with van der Waals surface area (Å²) in [5.41, 5.74) is 1.59. The third kappa shape index (κ3) is 4.82. The van der Waals surface area contributed by atoms with Gasteiger partial charge in [-0.1, -0.05) is 74.0 Å². The van der Waals surface area contributed by atoms with E-state index in [0.29, 0.717) is 32.6 Å². The predicted octanol–water partition coefficient (Wildman–Crippen LogP) is 4.59. The second-order valence-electron chi connectivity index (χ2n) is 7.53. The molecule has 0 spiro atoms. The van der Waals surface area contributed by atoms with Gasteiger partial charge in [-0.2, -0.15) is 0 Å². The maximum atomic E-state index is 13.5. The maximum absolute atomic E-state index is 13.5. The highest BCUT2D eigenvalue weighted by molar-refractivity contribution is 6.31. The lowest BCUT2D eigenvalue weighted by Gasteiger charge is -2.37. The number of benzene rings is 2. The van der Waals surface area contributed by atoms with Gasteiger partial charge < -0.3 is 10.1 Å². The molecule has 156 valence electrons. The summed E-state index contributed by atoms with van der Waals surface area (Å²) in [7, 11) is 0. The SMILES string of the molecule is CCN(CC)C(CNC(=O)C1(c2ccccc2)CCOCC1)c1ccccc1Cl. The smallest absolute Gasteiger partial charge is 0.230 e. The second-order valence-corrected chi connectivity index (χ2v) is 7.94. The lowest BCUT2D eigenvalue weighted by Crippen LogP contribution is -2.50. The summed E-state index contributed by atoms with van der Waals surface area (Å²) >= 11 is 6.51. The zero-order valence-electron chi connectivity index (χ0n) is 17.4. The lowest BCUT2D eigenvalue weighted by molar-refractivity contribution is -0.130. The van der Waals surface area contributed by atoms with E-state index < -0.39 is 5.41 Å². The van der Waals surface area contributed by atoms with Gasteiger partial charge in [-0.15, -0.1) is 0 Å². The van der Waals surface area contributed by atoms with Gasteiger partial charge in [-0.3, -0.25) is 9.69 Å². The van der Waals surface area contributed by atoms with Crippen LogP contribution in [0.1, 0.15) is 43.9 Å². The van der Waals surface area contributed by atoms with Crippen LogP contribution >= 0.6 is 11.6 Å². The largest absolute Gasteiger partial charge is 0.381 e. The first-order chi connectivity index (χ1) is 14.1. The Morgan fingerprint density at radius 1 is 1.07 bits per heavy atom. The molecule has 1 unspecified atom stereocenters. The number of likely N-dealkylation sites (N-methyl/N-ethyl adjacent to an activating group) is 1. The molecule has 5 heteroatoms. The molecule has 0 bridgehead atoms. The van der Waals surface area contributed by atoms with E-state index in [1.807, 2.05) is 36.4 Å². The van der Waals surface area contributed by atoms with E-state index in [0.717, 1.165) is 29.2 Å². The Morgan fingerprint density at radius 2 is 1.69 bits per heavy atom. The number of rotatable bonds is 8. The molecule has 0 saturated carbocycles. The monoisotopic (exact) mass is 414 g/mol. The molecule has 2 aromatic carbocycles. The van der Waals surface area contributed by atoms with Gasteiger partial charge in [0.05, 0.1) is 11.5 Å². The average molecular weight is 415 g/mol. The van der Waals surface area contributed by atoms with E-state index in [1.165, 1.54) is 0 Å². The number of hydrogen-bond donors (Lipinski definition) is 1. The molecule has 29 heavy (non-hydrogen) atoms. The molecule has 1 aliphatic heterocycles. The van der Waals surface area contributed by atoms with Gasteiger partial charge in [0, 0.05) is 24.8 Å².